The van der Waals surface area contributed by atoms with Gasteiger partial charge in [-0.15, -0.1) is 11.3 Å². The van der Waals surface area contributed by atoms with Crippen LogP contribution in [0.3, 0.4) is 0 Å². The molecule has 2 heteroatoms. The lowest BCUT2D eigenvalue weighted by Gasteiger charge is -2.15. The summed E-state index contributed by atoms with van der Waals surface area (Å²) in [6.45, 7) is 2.24. The monoisotopic (exact) mass is 231 g/mol. The molecule has 0 spiro atoms. The summed E-state index contributed by atoms with van der Waals surface area (Å²) >= 11 is 1.77. The van der Waals surface area contributed by atoms with Crippen LogP contribution in [0.2, 0.25) is 0 Å². The highest BCUT2D eigenvalue weighted by Gasteiger charge is 2.15. The number of hydrogen-bond donors (Lipinski definition) is 0. The summed E-state index contributed by atoms with van der Waals surface area (Å²) in [7, 11) is 0. The molecule has 0 saturated heterocycles. The average Bonchev–Trinajstić information content (AvgIpc) is 2.71. The van der Waals surface area contributed by atoms with Crippen LogP contribution in [0.25, 0.3) is 0 Å². The molecule has 1 nitrogen and oxygen atoms in total. The highest BCUT2D eigenvalue weighted by atomic mass is 32.1. The summed E-state index contributed by atoms with van der Waals surface area (Å²) in [5.74, 6) is 1.14. The Labute approximate surface area is 101 Å². The normalized spacial score (nSPS) is 17.6. The van der Waals surface area contributed by atoms with Crippen LogP contribution in [-0.4, -0.2) is 4.98 Å². The molecular formula is C14H17NS. The van der Waals surface area contributed by atoms with Gasteiger partial charge in [0.1, 0.15) is 0 Å². The number of hydrogen-bond acceptors (Lipinski definition) is 2. The fourth-order valence-electron chi connectivity index (χ4n) is 1.97. The first-order valence-electron chi connectivity index (χ1n) is 5.81. The number of rotatable bonds is 4. The van der Waals surface area contributed by atoms with Crippen LogP contribution >= 0.6 is 11.3 Å². The van der Waals surface area contributed by atoms with Crippen molar-refractivity contribution in [2.24, 2.45) is 5.92 Å². The minimum absolute atomic E-state index is 0.545. The second-order valence-electron chi connectivity index (χ2n) is 4.03. The summed E-state index contributed by atoms with van der Waals surface area (Å²) in [6, 6.07) is 0. The molecule has 0 radical (unpaired) electrons. The van der Waals surface area contributed by atoms with Gasteiger partial charge in [0.15, 0.2) is 0 Å². The lowest BCUT2D eigenvalue weighted by molar-refractivity contribution is 0.552. The van der Waals surface area contributed by atoms with E-state index in [0.717, 1.165) is 0 Å². The van der Waals surface area contributed by atoms with Crippen molar-refractivity contribution in [3.8, 4) is 0 Å². The van der Waals surface area contributed by atoms with Crippen LogP contribution in [0.15, 0.2) is 48.0 Å². The van der Waals surface area contributed by atoms with Gasteiger partial charge < -0.3 is 0 Å². The predicted molar refractivity (Wildman–Crippen MR) is 70.7 cm³/mol. The molecular weight excluding hydrogens is 214 g/mol. The van der Waals surface area contributed by atoms with E-state index in [4.69, 9.17) is 0 Å². The van der Waals surface area contributed by atoms with Crippen LogP contribution in [0.5, 0.6) is 0 Å². The van der Waals surface area contributed by atoms with Gasteiger partial charge in [-0.05, 0) is 18.8 Å². The van der Waals surface area contributed by atoms with Crippen LogP contribution in [0.4, 0.5) is 0 Å². The first kappa shape index (κ1) is 11.3. The molecule has 0 aromatic carbocycles. The van der Waals surface area contributed by atoms with Crippen molar-refractivity contribution in [1.29, 1.82) is 0 Å². The summed E-state index contributed by atoms with van der Waals surface area (Å²) in [5.41, 5.74) is 0. The van der Waals surface area contributed by atoms with Crippen LogP contribution < -0.4 is 0 Å². The maximum atomic E-state index is 4.43. The summed E-state index contributed by atoms with van der Waals surface area (Å²) in [5, 5.41) is 3.35. The van der Waals surface area contributed by atoms with Crippen LogP contribution in [0, 0.1) is 5.92 Å². The lowest BCUT2D eigenvalue weighted by atomic mass is 9.92. The van der Waals surface area contributed by atoms with Gasteiger partial charge >= 0.3 is 0 Å². The SMILES string of the molecule is CCC(CC1C=CC=CC=C1)c1nccs1. The molecule has 1 aromatic rings. The van der Waals surface area contributed by atoms with Gasteiger partial charge in [-0.25, -0.2) is 4.98 Å². The third kappa shape index (κ3) is 2.92. The Kier molecular flexibility index (Phi) is 4.11. The fraction of sp³-hybridized carbons (Fsp3) is 0.357. The number of nitrogens with zero attached hydrogens (tertiary/aromatic N) is 1. The molecule has 1 atom stereocenters. The van der Waals surface area contributed by atoms with Crippen molar-refractivity contribution in [3.63, 3.8) is 0 Å². The zero-order valence-electron chi connectivity index (χ0n) is 9.54. The quantitative estimate of drug-likeness (QED) is 0.751. The van der Waals surface area contributed by atoms with Gasteiger partial charge in [0.25, 0.3) is 0 Å². The van der Waals surface area contributed by atoms with E-state index in [9.17, 15) is 0 Å². The van der Waals surface area contributed by atoms with E-state index in [2.05, 4.69) is 53.7 Å². The number of allylic oxidation sites excluding steroid dienone is 6. The fourth-order valence-corrected chi connectivity index (χ4v) is 2.81. The van der Waals surface area contributed by atoms with Gasteiger partial charge in [0.05, 0.1) is 5.01 Å². The molecule has 0 aliphatic heterocycles. The second kappa shape index (κ2) is 5.80. The molecule has 0 fully saturated rings. The number of aromatic nitrogens is 1. The second-order valence-corrected chi connectivity index (χ2v) is 4.96. The third-order valence-electron chi connectivity index (χ3n) is 2.90. The first-order chi connectivity index (χ1) is 7.90. The van der Waals surface area contributed by atoms with Gasteiger partial charge in [-0.1, -0.05) is 43.4 Å². The summed E-state index contributed by atoms with van der Waals surface area (Å²) in [4.78, 5) is 4.43. The van der Waals surface area contributed by atoms with E-state index < -0.39 is 0 Å². The smallest absolute Gasteiger partial charge is 0.0956 e. The topological polar surface area (TPSA) is 12.9 Å². The zero-order chi connectivity index (χ0) is 11.2. The molecule has 16 heavy (non-hydrogen) atoms. The van der Waals surface area contributed by atoms with Gasteiger partial charge in [0.2, 0.25) is 0 Å². The molecule has 2 rings (SSSR count). The third-order valence-corrected chi connectivity index (χ3v) is 3.84. The lowest BCUT2D eigenvalue weighted by Crippen LogP contribution is -2.03. The molecule has 1 unspecified atom stereocenters. The van der Waals surface area contributed by atoms with E-state index in [1.807, 2.05) is 6.20 Å². The minimum Gasteiger partial charge on any atom is -0.249 e. The van der Waals surface area contributed by atoms with Crippen molar-refractivity contribution in [2.75, 3.05) is 0 Å². The molecule has 0 saturated carbocycles. The van der Waals surface area contributed by atoms with E-state index in [1.54, 1.807) is 11.3 Å². The molecule has 84 valence electrons. The van der Waals surface area contributed by atoms with Gasteiger partial charge in [-0.2, -0.15) is 0 Å². The predicted octanol–water partition coefficient (Wildman–Crippen LogP) is 4.33. The molecule has 0 N–H and O–H groups in total. The van der Waals surface area contributed by atoms with Crippen molar-refractivity contribution in [1.82, 2.24) is 4.98 Å². The summed E-state index contributed by atoms with van der Waals surface area (Å²) < 4.78 is 0. The van der Waals surface area contributed by atoms with E-state index in [-0.39, 0.29) is 0 Å². The molecule has 1 aliphatic rings. The van der Waals surface area contributed by atoms with Crippen molar-refractivity contribution < 1.29 is 0 Å². The Hall–Kier alpha value is -1.15. The molecule has 1 aliphatic carbocycles. The molecule has 1 heterocycles. The standard InChI is InChI=1S/C14H17NS/c1-2-13(14-15-9-10-16-14)11-12-7-5-3-4-6-8-12/h3-10,12-13H,2,11H2,1H3. The Morgan fingerprint density at radius 3 is 2.56 bits per heavy atom. The van der Waals surface area contributed by atoms with E-state index >= 15 is 0 Å². The van der Waals surface area contributed by atoms with Crippen molar-refractivity contribution in [2.45, 2.75) is 25.7 Å². The van der Waals surface area contributed by atoms with Crippen molar-refractivity contribution in [3.05, 3.63) is 53.0 Å². The highest BCUT2D eigenvalue weighted by Crippen LogP contribution is 2.29. The highest BCUT2D eigenvalue weighted by molar-refractivity contribution is 7.09. The molecule has 0 bridgehead atoms. The van der Waals surface area contributed by atoms with Gasteiger partial charge in [0, 0.05) is 17.5 Å². The van der Waals surface area contributed by atoms with Crippen molar-refractivity contribution >= 4 is 11.3 Å². The van der Waals surface area contributed by atoms with Gasteiger partial charge in [-0.3, -0.25) is 0 Å². The van der Waals surface area contributed by atoms with Crippen LogP contribution in [-0.2, 0) is 0 Å². The Balaban J connectivity index is 2.02. The largest absolute Gasteiger partial charge is 0.249 e. The van der Waals surface area contributed by atoms with E-state index in [0.29, 0.717) is 11.8 Å². The summed E-state index contributed by atoms with van der Waals surface area (Å²) in [6.07, 6.45) is 17.2. The van der Waals surface area contributed by atoms with E-state index in [1.165, 1.54) is 17.8 Å². The maximum absolute atomic E-state index is 4.43. The zero-order valence-corrected chi connectivity index (χ0v) is 10.4. The maximum Gasteiger partial charge on any atom is 0.0956 e. The Morgan fingerprint density at radius 2 is 2.00 bits per heavy atom. The number of thiazole rings is 1. The minimum atomic E-state index is 0.545. The molecule has 1 aromatic heterocycles. The Bertz CT molecular complexity index is 371. The first-order valence-corrected chi connectivity index (χ1v) is 6.69. The Morgan fingerprint density at radius 1 is 1.25 bits per heavy atom. The van der Waals surface area contributed by atoms with Crippen LogP contribution in [0.1, 0.15) is 30.7 Å². The average molecular weight is 231 g/mol. The molecule has 0 amide bonds.